The largest absolute Gasteiger partial charge is 0.360 e. The van der Waals surface area contributed by atoms with Crippen LogP contribution in [-0.2, 0) is 11.3 Å². The number of thioether (sulfide) groups is 1. The van der Waals surface area contributed by atoms with Gasteiger partial charge in [-0.15, -0.1) is 0 Å². The van der Waals surface area contributed by atoms with E-state index in [1.807, 2.05) is 0 Å². The zero-order valence-corrected chi connectivity index (χ0v) is 19.0. The van der Waals surface area contributed by atoms with Gasteiger partial charge in [0.1, 0.15) is 0 Å². The molecule has 1 amide bonds. The third-order valence-electron chi connectivity index (χ3n) is 6.40. The molecule has 6 nitrogen and oxygen atoms in total. The molecule has 2 heterocycles. The van der Waals surface area contributed by atoms with Gasteiger partial charge >= 0.3 is 0 Å². The van der Waals surface area contributed by atoms with Gasteiger partial charge in [0.2, 0.25) is 5.91 Å². The Balaban J connectivity index is 1.40. The van der Waals surface area contributed by atoms with Crippen LogP contribution >= 0.6 is 11.8 Å². The van der Waals surface area contributed by atoms with E-state index in [4.69, 9.17) is 4.99 Å². The van der Waals surface area contributed by atoms with Gasteiger partial charge in [-0.2, -0.15) is 11.8 Å². The zero-order valence-electron chi connectivity index (χ0n) is 18.2. The Morgan fingerprint density at radius 3 is 2.73 bits per heavy atom. The van der Waals surface area contributed by atoms with Gasteiger partial charge in [-0.3, -0.25) is 4.79 Å². The number of amides is 1. The minimum absolute atomic E-state index is 0.0978. The smallest absolute Gasteiger partial charge is 0.239 e. The van der Waals surface area contributed by atoms with Crippen molar-refractivity contribution in [1.82, 2.24) is 15.5 Å². The number of nitrogens with one attached hydrogen (secondary N) is 2. The SMILES string of the molecule is CCNC(=NCc1ccc(N2CCNC(=O)C2)cc1)N1CCSC2(CCCCC2)C1. The summed E-state index contributed by atoms with van der Waals surface area (Å²) in [7, 11) is 0. The van der Waals surface area contributed by atoms with Crippen molar-refractivity contribution >= 4 is 29.3 Å². The molecule has 30 heavy (non-hydrogen) atoms. The summed E-state index contributed by atoms with van der Waals surface area (Å²) in [5.74, 6) is 2.35. The molecular weight excluding hydrogens is 394 g/mol. The van der Waals surface area contributed by atoms with Gasteiger partial charge < -0.3 is 20.4 Å². The van der Waals surface area contributed by atoms with E-state index >= 15 is 0 Å². The van der Waals surface area contributed by atoms with Crippen molar-refractivity contribution in [1.29, 1.82) is 0 Å². The van der Waals surface area contributed by atoms with Crippen LogP contribution in [-0.4, -0.2) is 66.5 Å². The van der Waals surface area contributed by atoms with Crippen LogP contribution in [0.2, 0.25) is 0 Å². The third-order valence-corrected chi connectivity index (χ3v) is 7.94. The van der Waals surface area contributed by atoms with Crippen LogP contribution < -0.4 is 15.5 Å². The molecule has 1 spiro atoms. The first-order valence-electron chi connectivity index (χ1n) is 11.5. The summed E-state index contributed by atoms with van der Waals surface area (Å²) < 4.78 is 0.440. The molecule has 0 atom stereocenters. The molecule has 0 radical (unpaired) electrons. The maximum atomic E-state index is 11.6. The maximum Gasteiger partial charge on any atom is 0.239 e. The number of benzene rings is 1. The van der Waals surface area contributed by atoms with Gasteiger partial charge in [-0.05, 0) is 37.5 Å². The average molecular weight is 430 g/mol. The van der Waals surface area contributed by atoms with E-state index in [0.717, 1.165) is 37.8 Å². The molecule has 0 bridgehead atoms. The second-order valence-electron chi connectivity index (χ2n) is 8.62. The van der Waals surface area contributed by atoms with Gasteiger partial charge in [0.05, 0.1) is 13.1 Å². The topological polar surface area (TPSA) is 60.0 Å². The molecular formula is C23H35N5OS. The summed E-state index contributed by atoms with van der Waals surface area (Å²) >= 11 is 2.20. The Labute approximate surface area is 184 Å². The standard InChI is InChI=1S/C23H35N5OS/c1-2-24-22(28-14-15-30-23(18-28)10-4-3-5-11-23)26-16-19-6-8-20(9-7-19)27-13-12-25-21(29)17-27/h6-9H,2-5,10-18H2,1H3,(H,24,26)(H,25,29). The van der Waals surface area contributed by atoms with Crippen LogP contribution in [0.4, 0.5) is 5.69 Å². The summed E-state index contributed by atoms with van der Waals surface area (Å²) in [4.78, 5) is 21.2. The molecule has 1 aliphatic carbocycles. The van der Waals surface area contributed by atoms with Crippen LogP contribution in [0.5, 0.6) is 0 Å². The van der Waals surface area contributed by atoms with E-state index in [-0.39, 0.29) is 5.91 Å². The molecule has 1 aromatic carbocycles. The number of aliphatic imine (C=N–C) groups is 1. The Bertz CT molecular complexity index is 739. The lowest BCUT2D eigenvalue weighted by Crippen LogP contribution is -2.53. The first kappa shape index (κ1) is 21.3. The Hall–Kier alpha value is -1.89. The Kier molecular flexibility index (Phi) is 7.08. The molecule has 4 rings (SSSR count). The predicted octanol–water partition coefficient (Wildman–Crippen LogP) is 2.84. The van der Waals surface area contributed by atoms with E-state index in [0.29, 0.717) is 24.4 Å². The predicted molar refractivity (Wildman–Crippen MR) is 126 cm³/mol. The molecule has 7 heteroatoms. The number of piperazine rings is 1. The van der Waals surface area contributed by atoms with Crippen LogP contribution in [0.25, 0.3) is 0 Å². The van der Waals surface area contributed by atoms with Crippen molar-refractivity contribution in [2.75, 3.05) is 49.9 Å². The first-order valence-corrected chi connectivity index (χ1v) is 12.4. The molecule has 2 N–H and O–H groups in total. The monoisotopic (exact) mass is 429 g/mol. The highest BCUT2D eigenvalue weighted by Crippen LogP contribution is 2.42. The molecule has 3 aliphatic rings. The highest BCUT2D eigenvalue weighted by atomic mass is 32.2. The second kappa shape index (κ2) is 9.94. The fraction of sp³-hybridized carbons (Fsp3) is 0.652. The number of anilines is 1. The molecule has 3 fully saturated rings. The van der Waals surface area contributed by atoms with E-state index < -0.39 is 0 Å². The number of carbonyl (C=O) groups is 1. The van der Waals surface area contributed by atoms with Gasteiger partial charge in [0.25, 0.3) is 0 Å². The number of nitrogens with zero attached hydrogens (tertiary/aromatic N) is 3. The van der Waals surface area contributed by atoms with E-state index in [2.05, 4.69) is 63.4 Å². The van der Waals surface area contributed by atoms with Gasteiger partial charge in [-0.25, -0.2) is 4.99 Å². The van der Waals surface area contributed by atoms with Gasteiger partial charge in [-0.1, -0.05) is 31.4 Å². The van der Waals surface area contributed by atoms with Crippen LogP contribution in [0, 0.1) is 0 Å². The number of guanidine groups is 1. The van der Waals surface area contributed by atoms with Crippen molar-refractivity contribution in [2.45, 2.75) is 50.3 Å². The Morgan fingerprint density at radius 2 is 2.00 bits per heavy atom. The highest BCUT2D eigenvalue weighted by Gasteiger charge is 2.38. The Morgan fingerprint density at radius 1 is 1.20 bits per heavy atom. The minimum atomic E-state index is 0.0978. The van der Waals surface area contributed by atoms with Gasteiger partial charge in [0.15, 0.2) is 5.96 Å². The maximum absolute atomic E-state index is 11.6. The highest BCUT2D eigenvalue weighted by molar-refractivity contribution is 8.00. The molecule has 1 aromatic rings. The third kappa shape index (κ3) is 5.23. The lowest BCUT2D eigenvalue weighted by molar-refractivity contribution is -0.120. The first-order chi connectivity index (χ1) is 14.7. The van der Waals surface area contributed by atoms with E-state index in [9.17, 15) is 4.79 Å². The van der Waals surface area contributed by atoms with E-state index in [1.165, 1.54) is 43.4 Å². The van der Waals surface area contributed by atoms with Crippen molar-refractivity contribution in [3.63, 3.8) is 0 Å². The normalized spacial score (nSPS) is 22.2. The minimum Gasteiger partial charge on any atom is -0.360 e. The molecule has 0 aromatic heterocycles. The summed E-state index contributed by atoms with van der Waals surface area (Å²) in [6, 6.07) is 8.52. The van der Waals surface area contributed by atoms with Crippen LogP contribution in [0.1, 0.15) is 44.6 Å². The lowest BCUT2D eigenvalue weighted by Gasteiger charge is -2.45. The van der Waals surface area contributed by atoms with Crippen molar-refractivity contribution < 1.29 is 4.79 Å². The summed E-state index contributed by atoms with van der Waals surface area (Å²) in [5.41, 5.74) is 2.31. The fourth-order valence-electron chi connectivity index (χ4n) is 4.79. The average Bonchev–Trinajstić information content (AvgIpc) is 2.77. The summed E-state index contributed by atoms with van der Waals surface area (Å²) in [6.45, 7) is 7.94. The molecule has 2 saturated heterocycles. The van der Waals surface area contributed by atoms with Crippen molar-refractivity contribution in [3.05, 3.63) is 29.8 Å². The number of carbonyl (C=O) groups excluding carboxylic acids is 1. The second-order valence-corrected chi connectivity index (χ2v) is 10.2. The van der Waals surface area contributed by atoms with Crippen molar-refractivity contribution in [2.24, 2.45) is 4.99 Å². The van der Waals surface area contributed by atoms with Gasteiger partial charge in [0, 0.05) is 48.9 Å². The van der Waals surface area contributed by atoms with Crippen LogP contribution in [0.15, 0.2) is 29.3 Å². The van der Waals surface area contributed by atoms with E-state index in [1.54, 1.807) is 0 Å². The fourth-order valence-corrected chi connectivity index (χ4v) is 6.36. The van der Waals surface area contributed by atoms with Crippen molar-refractivity contribution in [3.8, 4) is 0 Å². The lowest BCUT2D eigenvalue weighted by atomic mass is 9.87. The molecule has 0 unspecified atom stereocenters. The zero-order chi connectivity index (χ0) is 20.8. The number of rotatable bonds is 4. The molecule has 1 saturated carbocycles. The number of hydrogen-bond donors (Lipinski definition) is 2. The summed E-state index contributed by atoms with van der Waals surface area (Å²) in [6.07, 6.45) is 6.85. The summed E-state index contributed by atoms with van der Waals surface area (Å²) in [5, 5.41) is 6.41. The molecule has 2 aliphatic heterocycles. The van der Waals surface area contributed by atoms with Crippen LogP contribution in [0.3, 0.4) is 0 Å². The molecule has 164 valence electrons. The number of hydrogen-bond acceptors (Lipinski definition) is 4. The quantitative estimate of drug-likeness (QED) is 0.569.